The van der Waals surface area contributed by atoms with Crippen LogP contribution in [0.2, 0.25) is 0 Å². The number of amides is 1. The molecule has 17 heavy (non-hydrogen) atoms. The van der Waals surface area contributed by atoms with Crippen LogP contribution < -0.4 is 5.32 Å². The molecular weight excluding hydrogens is 216 g/mol. The number of nitrogens with zero attached hydrogens (tertiary/aromatic N) is 1. The molecule has 2 aliphatic heterocycles. The lowest BCUT2D eigenvalue weighted by atomic mass is 10.0. The molecule has 2 rings (SSSR count). The van der Waals surface area contributed by atoms with Gasteiger partial charge in [0, 0.05) is 25.7 Å². The Bertz CT molecular complexity index is 246. The van der Waals surface area contributed by atoms with Crippen molar-refractivity contribution >= 4 is 5.91 Å². The number of hydrogen-bond donors (Lipinski definition) is 1. The van der Waals surface area contributed by atoms with Crippen molar-refractivity contribution in [1.29, 1.82) is 0 Å². The molecule has 2 fully saturated rings. The Balaban J connectivity index is 1.83. The van der Waals surface area contributed by atoms with Crippen molar-refractivity contribution in [2.45, 2.75) is 51.2 Å². The molecule has 0 aliphatic carbocycles. The van der Waals surface area contributed by atoms with Gasteiger partial charge in [0.2, 0.25) is 0 Å². The van der Waals surface area contributed by atoms with Gasteiger partial charge in [0.15, 0.2) is 0 Å². The summed E-state index contributed by atoms with van der Waals surface area (Å²) in [5.41, 5.74) is 0. The highest BCUT2D eigenvalue weighted by molar-refractivity contribution is 5.81. The normalized spacial score (nSPS) is 29.2. The van der Waals surface area contributed by atoms with E-state index in [4.69, 9.17) is 4.74 Å². The first kappa shape index (κ1) is 12.8. The summed E-state index contributed by atoms with van der Waals surface area (Å²) in [5.74, 6) is 0.192. The summed E-state index contributed by atoms with van der Waals surface area (Å²) in [4.78, 5) is 14.2. The molecule has 4 nitrogen and oxygen atoms in total. The summed E-state index contributed by atoms with van der Waals surface area (Å²) in [6.07, 6.45) is 5.49. The van der Waals surface area contributed by atoms with Crippen LogP contribution in [0.15, 0.2) is 0 Å². The number of piperidine rings is 1. The van der Waals surface area contributed by atoms with E-state index in [0.29, 0.717) is 6.04 Å². The maximum Gasteiger partial charge on any atom is 0.251 e. The van der Waals surface area contributed by atoms with Gasteiger partial charge in [-0.25, -0.2) is 0 Å². The van der Waals surface area contributed by atoms with Crippen LogP contribution in [-0.4, -0.2) is 49.2 Å². The van der Waals surface area contributed by atoms with Crippen LogP contribution in [0.5, 0.6) is 0 Å². The summed E-state index contributed by atoms with van der Waals surface area (Å²) in [6.45, 7) is 5.52. The Hall–Kier alpha value is -0.610. The second-order valence-electron chi connectivity index (χ2n) is 5.03. The van der Waals surface area contributed by atoms with Gasteiger partial charge in [-0.2, -0.15) is 0 Å². The molecule has 2 atom stereocenters. The van der Waals surface area contributed by atoms with Gasteiger partial charge in [-0.05, 0) is 39.2 Å². The van der Waals surface area contributed by atoms with E-state index < -0.39 is 0 Å². The van der Waals surface area contributed by atoms with Gasteiger partial charge in [0.1, 0.15) is 6.10 Å². The highest BCUT2D eigenvalue weighted by Crippen LogP contribution is 2.16. The minimum atomic E-state index is -0.168. The first-order valence-electron chi connectivity index (χ1n) is 6.95. The predicted molar refractivity (Wildman–Crippen MR) is 66.9 cm³/mol. The number of hydrogen-bond acceptors (Lipinski definition) is 3. The second kappa shape index (κ2) is 6.36. The SMILES string of the molecule is CCN(CC1CCCCN1)C(=O)[C@H]1CCCO1. The van der Waals surface area contributed by atoms with Crippen molar-refractivity contribution in [1.82, 2.24) is 10.2 Å². The lowest BCUT2D eigenvalue weighted by molar-refractivity contribution is -0.141. The summed E-state index contributed by atoms with van der Waals surface area (Å²) in [7, 11) is 0. The zero-order valence-electron chi connectivity index (χ0n) is 10.8. The highest BCUT2D eigenvalue weighted by Gasteiger charge is 2.28. The van der Waals surface area contributed by atoms with Gasteiger partial charge in [0.25, 0.3) is 5.91 Å². The maximum absolute atomic E-state index is 12.2. The van der Waals surface area contributed by atoms with Crippen LogP contribution in [0.1, 0.15) is 39.0 Å². The van der Waals surface area contributed by atoms with Gasteiger partial charge in [0.05, 0.1) is 0 Å². The van der Waals surface area contributed by atoms with E-state index in [2.05, 4.69) is 12.2 Å². The van der Waals surface area contributed by atoms with Gasteiger partial charge >= 0.3 is 0 Å². The Morgan fingerprint density at radius 3 is 2.82 bits per heavy atom. The fraction of sp³-hybridized carbons (Fsp3) is 0.923. The lowest BCUT2D eigenvalue weighted by Crippen LogP contribution is -2.48. The zero-order chi connectivity index (χ0) is 12.1. The molecule has 0 aromatic carbocycles. The molecule has 0 bridgehead atoms. The number of ether oxygens (including phenoxy) is 1. The minimum Gasteiger partial charge on any atom is -0.368 e. The molecule has 0 aromatic heterocycles. The Kier molecular flexibility index (Phi) is 4.80. The molecular formula is C13H24N2O2. The van der Waals surface area contributed by atoms with E-state index in [9.17, 15) is 4.79 Å². The Morgan fingerprint density at radius 2 is 2.24 bits per heavy atom. The molecule has 1 amide bonds. The quantitative estimate of drug-likeness (QED) is 0.801. The molecule has 4 heteroatoms. The maximum atomic E-state index is 12.2. The Labute approximate surface area is 104 Å². The molecule has 0 saturated carbocycles. The van der Waals surface area contributed by atoms with Crippen molar-refractivity contribution in [3.63, 3.8) is 0 Å². The first-order chi connectivity index (χ1) is 8.31. The summed E-state index contributed by atoms with van der Waals surface area (Å²) in [5, 5.41) is 3.49. The van der Waals surface area contributed by atoms with Crippen molar-refractivity contribution in [3.05, 3.63) is 0 Å². The van der Waals surface area contributed by atoms with Gasteiger partial charge in [-0.1, -0.05) is 6.42 Å². The van der Waals surface area contributed by atoms with Crippen LogP contribution in [0, 0.1) is 0 Å². The van der Waals surface area contributed by atoms with Crippen LogP contribution in [0.25, 0.3) is 0 Å². The van der Waals surface area contributed by atoms with E-state index in [0.717, 1.165) is 39.1 Å². The van der Waals surface area contributed by atoms with Crippen molar-refractivity contribution in [2.75, 3.05) is 26.2 Å². The van der Waals surface area contributed by atoms with Gasteiger partial charge in [-0.3, -0.25) is 4.79 Å². The number of carbonyl (C=O) groups is 1. The molecule has 1 unspecified atom stereocenters. The van der Waals surface area contributed by atoms with Crippen LogP contribution in [0.3, 0.4) is 0 Å². The smallest absolute Gasteiger partial charge is 0.251 e. The zero-order valence-corrected chi connectivity index (χ0v) is 10.8. The molecule has 2 aliphatic rings. The standard InChI is InChI=1S/C13H24N2O2/c1-2-15(10-11-6-3-4-8-14-11)13(16)12-7-5-9-17-12/h11-12,14H,2-10H2,1H3/t11?,12-/m1/s1. The molecule has 1 N–H and O–H groups in total. The predicted octanol–water partition coefficient (Wildman–Crippen LogP) is 1.16. The number of carbonyl (C=O) groups excluding carboxylic acids is 1. The van der Waals surface area contributed by atoms with Crippen LogP contribution >= 0.6 is 0 Å². The van der Waals surface area contributed by atoms with E-state index in [1.807, 2.05) is 4.90 Å². The van der Waals surface area contributed by atoms with Crippen molar-refractivity contribution < 1.29 is 9.53 Å². The average molecular weight is 240 g/mol. The van der Waals surface area contributed by atoms with E-state index in [1.165, 1.54) is 19.3 Å². The summed E-state index contributed by atoms with van der Waals surface area (Å²) < 4.78 is 5.48. The molecule has 2 saturated heterocycles. The van der Waals surface area contributed by atoms with Gasteiger partial charge in [-0.15, -0.1) is 0 Å². The van der Waals surface area contributed by atoms with E-state index >= 15 is 0 Å². The largest absolute Gasteiger partial charge is 0.368 e. The van der Waals surface area contributed by atoms with E-state index in [-0.39, 0.29) is 12.0 Å². The molecule has 0 aromatic rings. The molecule has 98 valence electrons. The summed E-state index contributed by atoms with van der Waals surface area (Å²) in [6, 6.07) is 0.481. The molecule has 2 heterocycles. The lowest BCUT2D eigenvalue weighted by Gasteiger charge is -2.31. The topological polar surface area (TPSA) is 41.6 Å². The average Bonchev–Trinajstić information content (AvgIpc) is 2.90. The summed E-state index contributed by atoms with van der Waals surface area (Å²) >= 11 is 0. The van der Waals surface area contributed by atoms with E-state index in [1.54, 1.807) is 0 Å². The second-order valence-corrected chi connectivity index (χ2v) is 5.03. The van der Waals surface area contributed by atoms with Gasteiger partial charge < -0.3 is 15.0 Å². The van der Waals surface area contributed by atoms with Crippen LogP contribution in [-0.2, 0) is 9.53 Å². The molecule has 0 radical (unpaired) electrons. The first-order valence-corrected chi connectivity index (χ1v) is 6.95. The fourth-order valence-corrected chi connectivity index (χ4v) is 2.70. The minimum absolute atomic E-state index is 0.168. The number of nitrogens with one attached hydrogen (secondary N) is 1. The number of likely N-dealkylation sites (N-methyl/N-ethyl adjacent to an activating group) is 1. The third kappa shape index (κ3) is 3.42. The third-order valence-electron chi connectivity index (χ3n) is 3.75. The van der Waals surface area contributed by atoms with Crippen molar-refractivity contribution in [3.8, 4) is 0 Å². The number of rotatable bonds is 4. The monoisotopic (exact) mass is 240 g/mol. The highest BCUT2D eigenvalue weighted by atomic mass is 16.5. The fourth-order valence-electron chi connectivity index (χ4n) is 2.70. The van der Waals surface area contributed by atoms with Crippen molar-refractivity contribution in [2.24, 2.45) is 0 Å². The Morgan fingerprint density at radius 1 is 1.35 bits per heavy atom. The molecule has 0 spiro atoms. The van der Waals surface area contributed by atoms with Crippen LogP contribution in [0.4, 0.5) is 0 Å². The third-order valence-corrected chi connectivity index (χ3v) is 3.75.